The second kappa shape index (κ2) is 10.8. The molecule has 39 heavy (non-hydrogen) atoms. The van der Waals surface area contributed by atoms with Crippen LogP contribution in [0.2, 0.25) is 0 Å². The molecule has 1 fully saturated rings. The van der Waals surface area contributed by atoms with Gasteiger partial charge in [0.1, 0.15) is 5.65 Å². The molecule has 5 rings (SSSR count). The number of rotatable bonds is 6. The van der Waals surface area contributed by atoms with Crippen molar-refractivity contribution in [3.05, 3.63) is 60.3 Å². The average Bonchev–Trinajstić information content (AvgIpc) is 3.29. The fourth-order valence-electron chi connectivity index (χ4n) is 4.87. The fourth-order valence-corrected chi connectivity index (χ4v) is 4.87. The van der Waals surface area contributed by atoms with E-state index >= 15 is 0 Å². The summed E-state index contributed by atoms with van der Waals surface area (Å²) in [5.41, 5.74) is 7.40. The number of hydrogen-bond donors (Lipinski definition) is 4. The first-order valence-corrected chi connectivity index (χ1v) is 13.2. The second-order valence-corrected chi connectivity index (χ2v) is 10.4. The smallest absolute Gasteiger partial charge is 0.409 e. The van der Waals surface area contributed by atoms with Crippen LogP contribution in [0.5, 0.6) is 0 Å². The van der Waals surface area contributed by atoms with Crippen LogP contribution < -0.4 is 15.5 Å². The molecule has 4 aromatic rings. The molecule has 202 valence electrons. The maximum atomic E-state index is 12.4. The minimum atomic E-state index is -1.12. The highest BCUT2D eigenvalue weighted by Gasteiger charge is 2.20. The lowest BCUT2D eigenvalue weighted by Crippen LogP contribution is -2.44. The second-order valence-electron chi connectivity index (χ2n) is 10.4. The maximum Gasteiger partial charge on any atom is 0.409 e. The Labute approximate surface area is 227 Å². The zero-order chi connectivity index (χ0) is 27.7. The zero-order valence-corrected chi connectivity index (χ0v) is 22.7. The maximum absolute atomic E-state index is 12.4. The lowest BCUT2D eigenvalue weighted by molar-refractivity contribution is -0.118. The molecule has 0 atom stereocenters. The van der Waals surface area contributed by atoms with Gasteiger partial charge in [0, 0.05) is 54.4 Å². The molecule has 1 aliphatic heterocycles. The van der Waals surface area contributed by atoms with E-state index in [0.29, 0.717) is 17.0 Å². The number of carbonyl (C=O) groups is 2. The van der Waals surface area contributed by atoms with Crippen LogP contribution >= 0.6 is 0 Å². The van der Waals surface area contributed by atoms with E-state index < -0.39 is 6.09 Å². The van der Waals surface area contributed by atoms with E-state index in [2.05, 4.69) is 61.7 Å². The lowest BCUT2D eigenvalue weighted by atomic mass is 9.97. The van der Waals surface area contributed by atoms with Gasteiger partial charge in [-0.3, -0.25) is 10.1 Å². The van der Waals surface area contributed by atoms with Gasteiger partial charge in [0.25, 0.3) is 0 Å². The molecule has 2 aromatic carbocycles. The highest BCUT2D eigenvalue weighted by atomic mass is 16.4. The average molecular weight is 527 g/mol. The summed E-state index contributed by atoms with van der Waals surface area (Å²) in [7, 11) is 2.15. The van der Waals surface area contributed by atoms with Gasteiger partial charge in [0.15, 0.2) is 0 Å². The van der Waals surface area contributed by atoms with Crippen LogP contribution in [0.3, 0.4) is 0 Å². The van der Waals surface area contributed by atoms with Gasteiger partial charge in [-0.05, 0) is 54.9 Å². The van der Waals surface area contributed by atoms with Gasteiger partial charge >= 0.3 is 6.09 Å². The summed E-state index contributed by atoms with van der Waals surface area (Å²) >= 11 is 0. The van der Waals surface area contributed by atoms with Gasteiger partial charge < -0.3 is 25.2 Å². The molecule has 0 spiro atoms. The zero-order valence-electron chi connectivity index (χ0n) is 22.7. The lowest BCUT2D eigenvalue weighted by Gasteiger charge is -2.34. The number of benzene rings is 2. The number of aromatic nitrogens is 2. The predicted octanol–water partition coefficient (Wildman–Crippen LogP) is 5.64. The first kappa shape index (κ1) is 26.2. The van der Waals surface area contributed by atoms with Crippen LogP contribution in [-0.4, -0.2) is 65.2 Å². The van der Waals surface area contributed by atoms with Crippen molar-refractivity contribution in [2.45, 2.75) is 20.8 Å². The first-order valence-electron chi connectivity index (χ1n) is 13.2. The summed E-state index contributed by atoms with van der Waals surface area (Å²) in [6.45, 7) is 9.61. The number of anilines is 3. The number of aromatic amines is 1. The number of amides is 2. The molecule has 2 amide bonds. The summed E-state index contributed by atoms with van der Waals surface area (Å²) in [6, 6.07) is 16.1. The van der Waals surface area contributed by atoms with Gasteiger partial charge in [-0.15, -0.1) is 0 Å². The van der Waals surface area contributed by atoms with E-state index in [1.165, 1.54) is 5.69 Å². The van der Waals surface area contributed by atoms with Gasteiger partial charge in [-0.25, -0.2) is 9.78 Å². The van der Waals surface area contributed by atoms with Gasteiger partial charge in [-0.2, -0.15) is 0 Å². The molecular formula is C30H34N6O3. The highest BCUT2D eigenvalue weighted by Crippen LogP contribution is 2.40. The van der Waals surface area contributed by atoms with E-state index in [0.717, 1.165) is 59.5 Å². The molecule has 9 heteroatoms. The topological polar surface area (TPSA) is 114 Å². The molecule has 0 radical (unpaired) electrons. The van der Waals surface area contributed by atoms with Crippen molar-refractivity contribution in [1.82, 2.24) is 14.9 Å². The van der Waals surface area contributed by atoms with E-state index in [1.54, 1.807) is 6.20 Å². The molecule has 0 unspecified atom stereocenters. The number of likely N-dealkylation sites (N-methyl/N-ethyl adjacent to an activating group) is 1. The van der Waals surface area contributed by atoms with Gasteiger partial charge in [0.05, 0.1) is 17.6 Å². The monoisotopic (exact) mass is 526 g/mol. The molecule has 1 aliphatic rings. The summed E-state index contributed by atoms with van der Waals surface area (Å²) in [6.07, 6.45) is 0.532. The fraction of sp³-hybridized carbons (Fsp3) is 0.300. The van der Waals surface area contributed by atoms with Crippen LogP contribution in [0, 0.1) is 12.8 Å². The van der Waals surface area contributed by atoms with Crippen molar-refractivity contribution >= 4 is 40.1 Å². The largest absolute Gasteiger partial charge is 0.465 e. The third kappa shape index (κ3) is 5.58. The number of nitrogens with one attached hydrogen (secondary N) is 3. The van der Waals surface area contributed by atoms with Crippen molar-refractivity contribution in [3.63, 3.8) is 0 Å². The first-order chi connectivity index (χ1) is 18.7. The van der Waals surface area contributed by atoms with Crippen molar-refractivity contribution in [3.8, 4) is 22.4 Å². The SMILES string of the molecule is Cc1ccc(-c2c(-c3ccc(N4CCN(C)CC4)cc3)[nH]c3ncc(NC(=O)C(C)C)cc23)cc1NC(=O)O. The number of carbonyl (C=O) groups excluding carboxylic acids is 1. The van der Waals surface area contributed by atoms with Crippen molar-refractivity contribution < 1.29 is 14.7 Å². The summed E-state index contributed by atoms with van der Waals surface area (Å²) < 4.78 is 0. The molecule has 1 saturated heterocycles. The number of piperazine rings is 1. The molecule has 0 bridgehead atoms. The molecule has 0 saturated carbocycles. The standard InChI is InChI=1S/C30H34N6O3/c1-18(2)29(37)32-22-16-24-26(21-6-5-19(3)25(15-21)33-30(38)39)27(34-28(24)31-17-22)20-7-9-23(10-8-20)36-13-11-35(4)12-14-36/h5-10,15-18,33H,11-14H2,1-4H3,(H,31,34)(H,32,37)(H,38,39). The van der Waals surface area contributed by atoms with Crippen LogP contribution in [0.25, 0.3) is 33.4 Å². The molecular weight excluding hydrogens is 492 g/mol. The van der Waals surface area contributed by atoms with Gasteiger partial charge in [-0.1, -0.05) is 38.1 Å². The normalized spacial score (nSPS) is 14.1. The van der Waals surface area contributed by atoms with Crippen molar-refractivity contribution in [1.29, 1.82) is 0 Å². The Morgan fingerprint density at radius 2 is 1.67 bits per heavy atom. The number of carboxylic acid groups (broad SMARTS) is 1. The Morgan fingerprint density at radius 1 is 0.974 bits per heavy atom. The number of nitrogens with zero attached hydrogens (tertiary/aromatic N) is 3. The predicted molar refractivity (Wildman–Crippen MR) is 157 cm³/mol. The van der Waals surface area contributed by atoms with E-state index in [-0.39, 0.29) is 11.8 Å². The van der Waals surface area contributed by atoms with E-state index in [9.17, 15) is 14.7 Å². The van der Waals surface area contributed by atoms with E-state index in [4.69, 9.17) is 0 Å². The van der Waals surface area contributed by atoms with Crippen molar-refractivity contribution in [2.75, 3.05) is 48.8 Å². The third-order valence-electron chi connectivity index (χ3n) is 7.23. The molecule has 0 aliphatic carbocycles. The number of H-pyrrole nitrogens is 1. The van der Waals surface area contributed by atoms with Gasteiger partial charge in [0.2, 0.25) is 5.91 Å². The highest BCUT2D eigenvalue weighted by molar-refractivity contribution is 6.05. The molecule has 3 heterocycles. The molecule has 9 nitrogen and oxygen atoms in total. The Morgan fingerprint density at radius 3 is 2.33 bits per heavy atom. The number of pyridine rings is 1. The summed E-state index contributed by atoms with van der Waals surface area (Å²) in [5.74, 6) is -0.251. The number of hydrogen-bond acceptors (Lipinski definition) is 5. The minimum Gasteiger partial charge on any atom is -0.465 e. The third-order valence-corrected chi connectivity index (χ3v) is 7.23. The van der Waals surface area contributed by atoms with Crippen LogP contribution in [0.1, 0.15) is 19.4 Å². The number of fused-ring (bicyclic) bond motifs is 1. The Kier molecular flexibility index (Phi) is 7.26. The quantitative estimate of drug-likeness (QED) is 0.259. The molecule has 4 N–H and O–H groups in total. The summed E-state index contributed by atoms with van der Waals surface area (Å²) in [5, 5.41) is 15.6. The number of aryl methyl sites for hydroxylation is 1. The molecule has 2 aromatic heterocycles. The Balaban J connectivity index is 1.61. The summed E-state index contributed by atoms with van der Waals surface area (Å²) in [4.78, 5) is 36.6. The minimum absolute atomic E-state index is 0.0868. The van der Waals surface area contributed by atoms with Crippen LogP contribution in [0.4, 0.5) is 21.9 Å². The van der Waals surface area contributed by atoms with Crippen LogP contribution in [-0.2, 0) is 4.79 Å². The Bertz CT molecular complexity index is 1520. The van der Waals surface area contributed by atoms with Crippen molar-refractivity contribution in [2.24, 2.45) is 5.92 Å². The van der Waals surface area contributed by atoms with Crippen LogP contribution in [0.15, 0.2) is 54.7 Å². The van der Waals surface area contributed by atoms with E-state index in [1.807, 2.05) is 45.0 Å². The Hall–Kier alpha value is -4.37.